The van der Waals surface area contributed by atoms with Crippen LogP contribution in [0.3, 0.4) is 0 Å². The summed E-state index contributed by atoms with van der Waals surface area (Å²) in [5.41, 5.74) is 3.76. The number of carbonyl (C=O) groups excluding carboxylic acids is 2. The highest BCUT2D eigenvalue weighted by Gasteiger charge is 2.48. The van der Waals surface area contributed by atoms with Gasteiger partial charge >= 0.3 is 5.91 Å². The number of amides is 1. The lowest BCUT2D eigenvalue weighted by molar-refractivity contribution is -0.132. The molecule has 1 amide bonds. The average Bonchev–Trinajstić information content (AvgIpc) is 3.69. The lowest BCUT2D eigenvalue weighted by Crippen LogP contribution is -2.29. The minimum Gasteiger partial charge on any atom is -0.507 e. The first kappa shape index (κ1) is 33.7. The number of rotatable bonds is 12. The second-order valence-corrected chi connectivity index (χ2v) is 13.2. The molecule has 1 N–H and O–H groups in total. The van der Waals surface area contributed by atoms with Crippen molar-refractivity contribution in [2.45, 2.75) is 36.6 Å². The zero-order valence-corrected chi connectivity index (χ0v) is 28.5. The van der Waals surface area contributed by atoms with Crippen molar-refractivity contribution in [3.8, 4) is 17.2 Å². The molecule has 12 heteroatoms. The Morgan fingerprint density at radius 2 is 1.71 bits per heavy atom. The highest BCUT2D eigenvalue weighted by Crippen LogP contribution is 2.45. The maximum atomic E-state index is 13.7. The van der Waals surface area contributed by atoms with Crippen molar-refractivity contribution in [2.75, 3.05) is 18.6 Å². The molecule has 4 aromatic carbocycles. The zero-order chi connectivity index (χ0) is 34.5. The Balaban J connectivity index is 1.34. The third-order valence-electron chi connectivity index (χ3n) is 7.91. The van der Waals surface area contributed by atoms with Crippen LogP contribution in [0.25, 0.3) is 5.76 Å². The van der Waals surface area contributed by atoms with E-state index in [1.54, 1.807) is 54.6 Å². The molecule has 0 saturated carbocycles. The van der Waals surface area contributed by atoms with E-state index in [4.69, 9.17) is 14.2 Å². The van der Waals surface area contributed by atoms with Crippen LogP contribution in [-0.2, 0) is 21.9 Å². The molecular formula is C37H32FN3O6S2. The Hall–Kier alpha value is -5.20. The van der Waals surface area contributed by atoms with Crippen molar-refractivity contribution in [1.29, 1.82) is 0 Å². The molecule has 9 nitrogen and oxygen atoms in total. The number of methoxy groups -OCH3 is 1. The predicted octanol–water partition coefficient (Wildman–Crippen LogP) is 7.89. The van der Waals surface area contributed by atoms with Gasteiger partial charge in [0.05, 0.1) is 25.3 Å². The minimum atomic E-state index is -1.05. The number of nitrogens with zero attached hydrogens (tertiary/aromatic N) is 3. The molecule has 1 atom stereocenters. The number of hydrogen-bond acceptors (Lipinski definition) is 10. The van der Waals surface area contributed by atoms with E-state index < -0.39 is 17.7 Å². The van der Waals surface area contributed by atoms with Crippen LogP contribution in [0.5, 0.6) is 17.2 Å². The summed E-state index contributed by atoms with van der Waals surface area (Å²) in [6.45, 7) is 4.64. The van der Waals surface area contributed by atoms with Gasteiger partial charge in [-0.15, -0.1) is 10.2 Å². The number of ether oxygens (including phenoxy) is 3. The molecular weight excluding hydrogens is 666 g/mol. The van der Waals surface area contributed by atoms with E-state index >= 15 is 0 Å². The third-order valence-corrected chi connectivity index (χ3v) is 10.0. The lowest BCUT2D eigenvalue weighted by atomic mass is 9.95. The molecule has 0 bridgehead atoms. The Bertz CT molecular complexity index is 2010. The number of aryl methyl sites for hydroxylation is 1. The Kier molecular flexibility index (Phi) is 10.3. The van der Waals surface area contributed by atoms with Gasteiger partial charge < -0.3 is 19.3 Å². The molecule has 0 radical (unpaired) electrons. The van der Waals surface area contributed by atoms with E-state index in [1.165, 1.54) is 35.9 Å². The summed E-state index contributed by atoms with van der Waals surface area (Å²) in [6, 6.07) is 24.8. The van der Waals surface area contributed by atoms with Crippen LogP contribution in [0.15, 0.2) is 101 Å². The SMILES string of the molecule is CCOc1ccc(C2/C(=C(\O)c3ccc(OCc4ccccc4C)cc3)C(=O)C(=O)N2c2nnc(SCc3ccc(F)cc3)s2)cc1OC. The van der Waals surface area contributed by atoms with Crippen LogP contribution in [0.1, 0.15) is 40.8 Å². The normalized spacial score (nSPS) is 15.4. The van der Waals surface area contributed by atoms with Crippen molar-refractivity contribution in [1.82, 2.24) is 10.2 Å². The number of aliphatic hydroxyl groups excluding tert-OH is 1. The number of anilines is 1. The second-order valence-electron chi connectivity index (χ2n) is 11.0. The van der Waals surface area contributed by atoms with Crippen LogP contribution in [-0.4, -0.2) is 40.7 Å². The highest BCUT2D eigenvalue weighted by atomic mass is 32.2. The molecule has 0 spiro atoms. The fraction of sp³-hybridized carbons (Fsp3) is 0.189. The summed E-state index contributed by atoms with van der Waals surface area (Å²) in [4.78, 5) is 28.7. The average molecular weight is 698 g/mol. The maximum Gasteiger partial charge on any atom is 0.301 e. The molecule has 2 heterocycles. The lowest BCUT2D eigenvalue weighted by Gasteiger charge is -2.23. The first-order valence-electron chi connectivity index (χ1n) is 15.4. The fourth-order valence-electron chi connectivity index (χ4n) is 5.36. The first-order valence-corrected chi connectivity index (χ1v) is 17.2. The largest absolute Gasteiger partial charge is 0.507 e. The van der Waals surface area contributed by atoms with Crippen molar-refractivity contribution in [3.05, 3.63) is 130 Å². The third kappa shape index (κ3) is 7.30. The summed E-state index contributed by atoms with van der Waals surface area (Å²) in [5, 5.41) is 20.4. The van der Waals surface area contributed by atoms with E-state index in [0.29, 0.717) is 51.7 Å². The summed E-state index contributed by atoms with van der Waals surface area (Å²) in [6.07, 6.45) is 0. The van der Waals surface area contributed by atoms with E-state index in [2.05, 4.69) is 10.2 Å². The van der Waals surface area contributed by atoms with Crippen molar-refractivity contribution in [3.63, 3.8) is 0 Å². The van der Waals surface area contributed by atoms with Crippen LogP contribution < -0.4 is 19.1 Å². The van der Waals surface area contributed by atoms with Crippen molar-refractivity contribution in [2.24, 2.45) is 0 Å². The number of aliphatic hydroxyl groups is 1. The summed E-state index contributed by atoms with van der Waals surface area (Å²) in [5.74, 6) is -0.439. The minimum absolute atomic E-state index is 0.111. The highest BCUT2D eigenvalue weighted by molar-refractivity contribution is 8.00. The van der Waals surface area contributed by atoms with Gasteiger partial charge in [0, 0.05) is 11.3 Å². The van der Waals surface area contributed by atoms with Crippen molar-refractivity contribution < 1.29 is 33.3 Å². The molecule has 6 rings (SSSR count). The number of thioether (sulfide) groups is 1. The second kappa shape index (κ2) is 14.9. The molecule has 250 valence electrons. The van der Waals surface area contributed by atoms with E-state index in [-0.39, 0.29) is 22.3 Å². The fourth-order valence-corrected chi connectivity index (χ4v) is 7.18. The molecule has 0 aliphatic carbocycles. The van der Waals surface area contributed by atoms with Crippen LogP contribution in [0, 0.1) is 12.7 Å². The zero-order valence-electron chi connectivity index (χ0n) is 26.9. The van der Waals surface area contributed by atoms with Gasteiger partial charge in [0.25, 0.3) is 5.78 Å². The van der Waals surface area contributed by atoms with E-state index in [1.807, 2.05) is 38.1 Å². The number of aromatic nitrogens is 2. The Morgan fingerprint density at radius 1 is 0.959 bits per heavy atom. The number of halogens is 1. The first-order chi connectivity index (χ1) is 23.8. The van der Waals surface area contributed by atoms with Gasteiger partial charge in [-0.1, -0.05) is 65.6 Å². The number of ketones is 1. The standard InChI is InChI=1S/C37H32FN3O6S2/c1-4-46-29-18-13-25(19-30(29)45-3)32-31(33(42)24-11-16-28(17-12-24)47-20-26-8-6-5-7-22(26)2)34(43)35(44)41(32)36-39-40-37(49-36)48-21-23-9-14-27(38)15-10-23/h5-19,32,42H,4,20-21H2,1-3H3/b33-31+. The molecule has 1 aliphatic heterocycles. The number of benzene rings is 4. The molecule has 49 heavy (non-hydrogen) atoms. The van der Waals surface area contributed by atoms with Gasteiger partial charge in [0.1, 0.15) is 23.9 Å². The maximum absolute atomic E-state index is 13.7. The molecule has 5 aromatic rings. The summed E-state index contributed by atoms with van der Waals surface area (Å²) < 4.78 is 31.1. The van der Waals surface area contributed by atoms with Gasteiger partial charge in [-0.2, -0.15) is 0 Å². The Labute approximate surface area is 291 Å². The summed E-state index contributed by atoms with van der Waals surface area (Å²) >= 11 is 2.51. The monoisotopic (exact) mass is 697 g/mol. The molecule has 1 unspecified atom stereocenters. The number of carbonyl (C=O) groups is 2. The van der Waals surface area contributed by atoms with Gasteiger partial charge in [-0.3, -0.25) is 14.5 Å². The number of hydrogen-bond donors (Lipinski definition) is 1. The van der Waals surface area contributed by atoms with Crippen LogP contribution >= 0.6 is 23.1 Å². The topological polar surface area (TPSA) is 111 Å². The number of Topliss-reactive ketones (excluding diaryl/α,β-unsaturated/α-hetero) is 1. The smallest absolute Gasteiger partial charge is 0.301 e. The summed E-state index contributed by atoms with van der Waals surface area (Å²) in [7, 11) is 1.50. The quantitative estimate of drug-likeness (QED) is 0.0458. The van der Waals surface area contributed by atoms with Gasteiger partial charge in [0.2, 0.25) is 5.13 Å². The molecule has 1 aromatic heterocycles. The molecule has 1 aliphatic rings. The van der Waals surface area contributed by atoms with Gasteiger partial charge in [-0.25, -0.2) is 4.39 Å². The molecule has 1 fully saturated rings. The van der Waals surface area contributed by atoms with Gasteiger partial charge in [-0.05, 0) is 84.6 Å². The van der Waals surface area contributed by atoms with Crippen LogP contribution in [0.2, 0.25) is 0 Å². The van der Waals surface area contributed by atoms with Gasteiger partial charge in [0.15, 0.2) is 15.8 Å². The van der Waals surface area contributed by atoms with Crippen molar-refractivity contribution >= 4 is 45.7 Å². The predicted molar refractivity (Wildman–Crippen MR) is 187 cm³/mol. The Morgan fingerprint density at radius 3 is 2.43 bits per heavy atom. The van der Waals surface area contributed by atoms with E-state index in [9.17, 15) is 19.1 Å². The molecule has 1 saturated heterocycles. The van der Waals surface area contributed by atoms with E-state index in [0.717, 1.165) is 28.0 Å². The van der Waals surface area contributed by atoms with Crippen LogP contribution in [0.4, 0.5) is 9.52 Å².